The van der Waals surface area contributed by atoms with Crippen molar-refractivity contribution in [2.75, 3.05) is 13.1 Å². The third-order valence-corrected chi connectivity index (χ3v) is 4.26. The van der Waals surface area contributed by atoms with E-state index in [9.17, 15) is 19.7 Å². The normalized spacial score (nSPS) is 16.9. The van der Waals surface area contributed by atoms with Crippen molar-refractivity contribution in [3.8, 4) is 5.69 Å². The maximum atomic E-state index is 12.5. The zero-order chi connectivity index (χ0) is 18.7. The number of aromatic nitrogens is 2. The minimum atomic E-state index is -0.573. The van der Waals surface area contributed by atoms with Crippen LogP contribution in [-0.4, -0.2) is 39.7 Å². The quantitative estimate of drug-likeness (QED) is 0.621. The van der Waals surface area contributed by atoms with Crippen molar-refractivity contribution >= 4 is 11.6 Å². The minimum Gasteiger partial charge on any atom is -0.347 e. The summed E-state index contributed by atoms with van der Waals surface area (Å²) in [6.07, 6.45) is 1.76. The Morgan fingerprint density at radius 1 is 1.42 bits per heavy atom. The molecule has 1 amide bonds. The third-order valence-electron chi connectivity index (χ3n) is 4.26. The Kier molecular flexibility index (Phi) is 5.08. The fourth-order valence-corrected chi connectivity index (χ4v) is 2.97. The van der Waals surface area contributed by atoms with Crippen molar-refractivity contribution in [3.63, 3.8) is 0 Å². The number of nitro benzene ring substituents is 1. The Bertz CT molecular complexity index is 902. The molecule has 2 heterocycles. The molecule has 26 heavy (non-hydrogen) atoms. The summed E-state index contributed by atoms with van der Waals surface area (Å²) in [7, 11) is 0. The number of hydrogen-bond donors (Lipinski definition) is 2. The number of carbonyl (C=O) groups excluding carboxylic acids is 1. The number of carbonyl (C=O) groups is 1. The Balaban J connectivity index is 1.99. The number of aryl methyl sites for hydroxylation is 1. The van der Waals surface area contributed by atoms with Crippen molar-refractivity contribution < 1.29 is 9.72 Å². The summed E-state index contributed by atoms with van der Waals surface area (Å²) >= 11 is 0. The van der Waals surface area contributed by atoms with Crippen molar-refractivity contribution in [3.05, 3.63) is 62.1 Å². The van der Waals surface area contributed by atoms with Gasteiger partial charge in [-0.2, -0.15) is 5.10 Å². The zero-order valence-corrected chi connectivity index (χ0v) is 14.3. The third kappa shape index (κ3) is 3.62. The number of piperidine rings is 1. The molecule has 0 radical (unpaired) electrons. The van der Waals surface area contributed by atoms with Gasteiger partial charge in [0.1, 0.15) is 5.69 Å². The van der Waals surface area contributed by atoms with E-state index in [0.29, 0.717) is 12.2 Å². The van der Waals surface area contributed by atoms with Crippen molar-refractivity contribution in [1.82, 2.24) is 20.4 Å². The van der Waals surface area contributed by atoms with E-state index in [1.807, 2.05) is 0 Å². The van der Waals surface area contributed by atoms with Gasteiger partial charge in [-0.1, -0.05) is 12.1 Å². The smallest absolute Gasteiger partial charge is 0.294 e. The highest BCUT2D eigenvalue weighted by Gasteiger charge is 2.22. The van der Waals surface area contributed by atoms with Crippen LogP contribution in [0.5, 0.6) is 0 Å². The number of nitrogens with zero attached hydrogens (tertiary/aromatic N) is 3. The highest BCUT2D eigenvalue weighted by Crippen LogP contribution is 2.22. The number of hydrogen-bond acceptors (Lipinski definition) is 6. The molecule has 0 aliphatic carbocycles. The second kappa shape index (κ2) is 7.44. The Morgan fingerprint density at radius 2 is 2.19 bits per heavy atom. The predicted octanol–water partition coefficient (Wildman–Crippen LogP) is 0.931. The van der Waals surface area contributed by atoms with Crippen molar-refractivity contribution in [1.29, 1.82) is 0 Å². The lowest BCUT2D eigenvalue weighted by atomic mass is 10.1. The maximum Gasteiger partial charge on any atom is 0.294 e. The van der Waals surface area contributed by atoms with Gasteiger partial charge in [-0.15, -0.1) is 0 Å². The molecule has 136 valence electrons. The van der Waals surface area contributed by atoms with Crippen molar-refractivity contribution in [2.45, 2.75) is 25.8 Å². The SMILES string of the molecule is Cc1cc(=O)c(C(=O)NC2CCCNC2)nn1-c1ccccc1[N+](=O)[O-]. The first kappa shape index (κ1) is 17.7. The first-order valence-electron chi connectivity index (χ1n) is 8.33. The van der Waals surface area contributed by atoms with E-state index in [2.05, 4.69) is 15.7 Å². The first-order chi connectivity index (χ1) is 12.5. The lowest BCUT2D eigenvalue weighted by Crippen LogP contribution is -2.47. The van der Waals surface area contributed by atoms with E-state index in [4.69, 9.17) is 0 Å². The second-order valence-electron chi connectivity index (χ2n) is 6.17. The lowest BCUT2D eigenvalue weighted by molar-refractivity contribution is -0.384. The summed E-state index contributed by atoms with van der Waals surface area (Å²) in [5.74, 6) is -0.573. The maximum absolute atomic E-state index is 12.5. The van der Waals surface area contributed by atoms with Gasteiger partial charge in [-0.3, -0.25) is 19.7 Å². The molecule has 1 unspecified atom stereocenters. The summed E-state index contributed by atoms with van der Waals surface area (Å²) in [5.41, 5.74) is -0.351. The summed E-state index contributed by atoms with van der Waals surface area (Å²) in [6.45, 7) is 3.15. The van der Waals surface area contributed by atoms with E-state index in [-0.39, 0.29) is 23.1 Å². The molecular formula is C17H19N5O4. The van der Waals surface area contributed by atoms with Gasteiger partial charge in [-0.05, 0) is 32.4 Å². The summed E-state index contributed by atoms with van der Waals surface area (Å²) < 4.78 is 1.26. The highest BCUT2D eigenvalue weighted by atomic mass is 16.6. The van der Waals surface area contributed by atoms with Crippen LogP contribution in [0.4, 0.5) is 5.69 Å². The van der Waals surface area contributed by atoms with E-state index in [1.165, 1.54) is 22.9 Å². The average Bonchev–Trinajstić information content (AvgIpc) is 2.62. The molecule has 3 rings (SSSR count). The standard InChI is InChI=1S/C17H19N5O4/c1-11-9-15(23)16(17(24)19-12-5-4-8-18-10-12)20-21(11)13-6-2-3-7-14(13)22(25)26/h2-3,6-7,9,12,18H,4-5,8,10H2,1H3,(H,19,24). The molecule has 0 bridgehead atoms. The van der Waals surface area contributed by atoms with Gasteiger partial charge in [0.15, 0.2) is 5.69 Å². The van der Waals surface area contributed by atoms with Crippen LogP contribution in [0.15, 0.2) is 35.1 Å². The minimum absolute atomic E-state index is 0.0711. The highest BCUT2D eigenvalue weighted by molar-refractivity contribution is 5.92. The molecule has 1 aromatic heterocycles. The van der Waals surface area contributed by atoms with Crippen LogP contribution in [0.2, 0.25) is 0 Å². The van der Waals surface area contributed by atoms with Gasteiger partial charge < -0.3 is 10.6 Å². The topological polar surface area (TPSA) is 119 Å². The summed E-state index contributed by atoms with van der Waals surface area (Å²) in [6, 6.07) is 7.24. The fraction of sp³-hybridized carbons (Fsp3) is 0.353. The molecule has 1 saturated heterocycles. The van der Waals surface area contributed by atoms with E-state index in [1.54, 1.807) is 19.1 Å². The number of benzene rings is 1. The van der Waals surface area contributed by atoms with Crippen LogP contribution in [0.3, 0.4) is 0 Å². The number of para-hydroxylation sites is 2. The van der Waals surface area contributed by atoms with Crippen LogP contribution in [-0.2, 0) is 0 Å². The number of nitrogens with one attached hydrogen (secondary N) is 2. The number of amides is 1. The molecule has 1 fully saturated rings. The summed E-state index contributed by atoms with van der Waals surface area (Å²) in [4.78, 5) is 35.5. The lowest BCUT2D eigenvalue weighted by Gasteiger charge is -2.23. The van der Waals surface area contributed by atoms with Gasteiger partial charge in [0.2, 0.25) is 5.43 Å². The Morgan fingerprint density at radius 3 is 2.88 bits per heavy atom. The Hall–Kier alpha value is -3.07. The van der Waals surface area contributed by atoms with Gasteiger partial charge in [0, 0.05) is 30.4 Å². The molecule has 9 heteroatoms. The molecule has 2 aromatic rings. The molecular weight excluding hydrogens is 338 g/mol. The van der Waals surface area contributed by atoms with Gasteiger partial charge in [-0.25, -0.2) is 4.68 Å². The van der Waals surface area contributed by atoms with Crippen LogP contribution in [0.1, 0.15) is 29.0 Å². The molecule has 0 spiro atoms. The number of rotatable bonds is 4. The second-order valence-corrected chi connectivity index (χ2v) is 6.17. The molecule has 9 nitrogen and oxygen atoms in total. The molecule has 0 saturated carbocycles. The van der Waals surface area contributed by atoms with Crippen LogP contribution in [0.25, 0.3) is 5.69 Å². The molecule has 2 N–H and O–H groups in total. The van der Waals surface area contributed by atoms with Crippen molar-refractivity contribution in [2.24, 2.45) is 0 Å². The molecule has 1 aliphatic rings. The largest absolute Gasteiger partial charge is 0.347 e. The zero-order valence-electron chi connectivity index (χ0n) is 14.3. The monoisotopic (exact) mass is 357 g/mol. The Labute approximate surface area is 149 Å². The average molecular weight is 357 g/mol. The molecule has 1 atom stereocenters. The number of nitro groups is 1. The van der Waals surface area contributed by atoms with Gasteiger partial charge in [0.25, 0.3) is 11.6 Å². The molecule has 1 aliphatic heterocycles. The van der Waals surface area contributed by atoms with Crippen LogP contribution in [0, 0.1) is 17.0 Å². The fourth-order valence-electron chi connectivity index (χ4n) is 2.97. The van der Waals surface area contributed by atoms with Crippen LogP contribution < -0.4 is 16.1 Å². The predicted molar refractivity (Wildman–Crippen MR) is 94.6 cm³/mol. The molecule has 1 aromatic carbocycles. The summed E-state index contributed by atoms with van der Waals surface area (Å²) in [5, 5.41) is 21.4. The van der Waals surface area contributed by atoms with E-state index < -0.39 is 16.3 Å². The van der Waals surface area contributed by atoms with Gasteiger partial charge >= 0.3 is 0 Å². The van der Waals surface area contributed by atoms with Gasteiger partial charge in [0.05, 0.1) is 4.92 Å². The van der Waals surface area contributed by atoms with E-state index >= 15 is 0 Å². The van der Waals surface area contributed by atoms with Crippen LogP contribution >= 0.6 is 0 Å². The van der Waals surface area contributed by atoms with E-state index in [0.717, 1.165) is 19.4 Å². The first-order valence-corrected chi connectivity index (χ1v) is 8.33.